The summed E-state index contributed by atoms with van der Waals surface area (Å²) in [6.07, 6.45) is 4.35. The summed E-state index contributed by atoms with van der Waals surface area (Å²) < 4.78 is 37.7. The van der Waals surface area contributed by atoms with Gasteiger partial charge in [-0.25, -0.2) is 18.4 Å². The van der Waals surface area contributed by atoms with Gasteiger partial charge in [0.15, 0.2) is 0 Å². The molecular formula is C16H19N3O4S. The number of piperidine rings is 1. The molecule has 0 radical (unpaired) electrons. The van der Waals surface area contributed by atoms with E-state index in [-0.39, 0.29) is 11.0 Å². The first-order chi connectivity index (χ1) is 11.6. The molecule has 0 N–H and O–H groups in total. The van der Waals surface area contributed by atoms with Gasteiger partial charge in [-0.2, -0.15) is 4.31 Å². The summed E-state index contributed by atoms with van der Waals surface area (Å²) in [4.78, 5) is 8.30. The third-order valence-electron chi connectivity index (χ3n) is 3.89. The number of nitrogens with zero attached hydrogens (tertiary/aromatic N) is 3. The maximum Gasteiger partial charge on any atom is 0.316 e. The average Bonchev–Trinajstić information content (AvgIpc) is 2.63. The standard InChI is InChI=1S/C16H19N3O4S/c1-22-14-4-2-5-15(12-14)24(20,21)19-10-6-13(7-11-19)23-16-17-8-3-9-18-16/h2-5,8-9,12-13H,6-7,10-11H2,1H3. The fraction of sp³-hybridized carbons (Fsp3) is 0.375. The number of ether oxygens (including phenoxy) is 2. The lowest BCUT2D eigenvalue weighted by Crippen LogP contribution is -2.41. The van der Waals surface area contributed by atoms with Crippen LogP contribution in [-0.2, 0) is 10.0 Å². The van der Waals surface area contributed by atoms with Gasteiger partial charge in [0.1, 0.15) is 11.9 Å². The summed E-state index contributed by atoms with van der Waals surface area (Å²) in [5, 5.41) is 0. The molecule has 1 aromatic carbocycles. The minimum atomic E-state index is -3.52. The third kappa shape index (κ3) is 3.65. The number of rotatable bonds is 5. The van der Waals surface area contributed by atoms with Crippen LogP contribution in [0, 0.1) is 0 Å². The van der Waals surface area contributed by atoms with Crippen molar-refractivity contribution in [3.63, 3.8) is 0 Å². The molecule has 0 amide bonds. The van der Waals surface area contributed by atoms with Gasteiger partial charge in [0.2, 0.25) is 10.0 Å². The lowest BCUT2D eigenvalue weighted by atomic mass is 10.1. The Morgan fingerprint density at radius 3 is 2.50 bits per heavy atom. The molecule has 1 aromatic heterocycles. The molecule has 7 nitrogen and oxygen atoms in total. The van der Waals surface area contributed by atoms with E-state index in [1.165, 1.54) is 17.5 Å². The van der Waals surface area contributed by atoms with Crippen LogP contribution in [0.15, 0.2) is 47.6 Å². The maximum atomic E-state index is 12.7. The van der Waals surface area contributed by atoms with Crippen LogP contribution in [0.4, 0.5) is 0 Å². The molecule has 24 heavy (non-hydrogen) atoms. The Balaban J connectivity index is 1.65. The molecule has 2 aromatic rings. The second-order valence-electron chi connectivity index (χ2n) is 5.43. The molecule has 128 valence electrons. The Morgan fingerprint density at radius 1 is 1.12 bits per heavy atom. The van der Waals surface area contributed by atoms with E-state index in [0.29, 0.717) is 37.7 Å². The third-order valence-corrected chi connectivity index (χ3v) is 5.79. The Bertz CT molecular complexity index is 775. The van der Waals surface area contributed by atoms with Crippen molar-refractivity contribution >= 4 is 10.0 Å². The SMILES string of the molecule is COc1cccc(S(=O)(=O)N2CCC(Oc3ncccn3)CC2)c1. The second-order valence-corrected chi connectivity index (χ2v) is 7.37. The van der Waals surface area contributed by atoms with Gasteiger partial charge in [0.05, 0.1) is 12.0 Å². The van der Waals surface area contributed by atoms with Crippen molar-refractivity contribution in [1.29, 1.82) is 0 Å². The molecule has 8 heteroatoms. The molecule has 2 heterocycles. The first-order valence-corrected chi connectivity index (χ1v) is 9.11. The van der Waals surface area contributed by atoms with E-state index in [2.05, 4.69) is 9.97 Å². The Kier molecular flexibility index (Phi) is 4.96. The van der Waals surface area contributed by atoms with Crippen molar-refractivity contribution < 1.29 is 17.9 Å². The minimum Gasteiger partial charge on any atom is -0.497 e. The molecule has 0 unspecified atom stereocenters. The lowest BCUT2D eigenvalue weighted by Gasteiger charge is -2.30. The number of benzene rings is 1. The van der Waals surface area contributed by atoms with Gasteiger partial charge >= 0.3 is 6.01 Å². The van der Waals surface area contributed by atoms with Crippen LogP contribution >= 0.6 is 0 Å². The van der Waals surface area contributed by atoms with Gasteiger partial charge in [0.25, 0.3) is 0 Å². The summed E-state index contributed by atoms with van der Waals surface area (Å²) in [7, 11) is -2.01. The van der Waals surface area contributed by atoms with E-state index in [4.69, 9.17) is 9.47 Å². The van der Waals surface area contributed by atoms with Gasteiger partial charge in [0, 0.05) is 31.5 Å². The predicted octanol–water partition coefficient (Wildman–Crippen LogP) is 1.72. The van der Waals surface area contributed by atoms with Crippen molar-refractivity contribution in [2.24, 2.45) is 0 Å². The normalized spacial score (nSPS) is 16.7. The second kappa shape index (κ2) is 7.14. The molecular weight excluding hydrogens is 330 g/mol. The quantitative estimate of drug-likeness (QED) is 0.817. The van der Waals surface area contributed by atoms with Crippen molar-refractivity contribution in [3.8, 4) is 11.8 Å². The molecule has 1 saturated heterocycles. The molecule has 0 aliphatic carbocycles. The first kappa shape index (κ1) is 16.7. The Labute approximate surface area is 141 Å². The molecule has 1 aliphatic heterocycles. The highest BCUT2D eigenvalue weighted by Crippen LogP contribution is 2.24. The zero-order chi connectivity index (χ0) is 17.0. The monoisotopic (exact) mass is 349 g/mol. The van der Waals surface area contributed by atoms with Gasteiger partial charge in [-0.1, -0.05) is 6.07 Å². The van der Waals surface area contributed by atoms with E-state index in [1.54, 1.807) is 36.7 Å². The summed E-state index contributed by atoms with van der Waals surface area (Å²) in [5.74, 6) is 0.524. The van der Waals surface area contributed by atoms with Crippen molar-refractivity contribution in [2.45, 2.75) is 23.8 Å². The van der Waals surface area contributed by atoms with E-state index < -0.39 is 10.0 Å². The van der Waals surface area contributed by atoms with Crippen LogP contribution in [0.3, 0.4) is 0 Å². The molecule has 0 atom stereocenters. The predicted molar refractivity (Wildman–Crippen MR) is 87.4 cm³/mol. The number of hydrogen-bond acceptors (Lipinski definition) is 6. The first-order valence-electron chi connectivity index (χ1n) is 7.67. The van der Waals surface area contributed by atoms with Crippen LogP contribution in [0.25, 0.3) is 0 Å². The van der Waals surface area contributed by atoms with Crippen LogP contribution < -0.4 is 9.47 Å². The zero-order valence-electron chi connectivity index (χ0n) is 13.3. The molecule has 0 bridgehead atoms. The summed E-state index contributed by atoms with van der Waals surface area (Å²) in [6.45, 7) is 0.800. The zero-order valence-corrected chi connectivity index (χ0v) is 14.1. The van der Waals surface area contributed by atoms with E-state index in [0.717, 1.165) is 0 Å². The van der Waals surface area contributed by atoms with E-state index in [1.807, 2.05) is 0 Å². The van der Waals surface area contributed by atoms with Crippen molar-refractivity contribution in [1.82, 2.24) is 14.3 Å². The average molecular weight is 349 g/mol. The Hall–Kier alpha value is -2.19. The maximum absolute atomic E-state index is 12.7. The van der Waals surface area contributed by atoms with Crippen LogP contribution in [-0.4, -0.2) is 49.0 Å². The summed E-state index contributed by atoms with van der Waals surface area (Å²) in [5.41, 5.74) is 0. The highest BCUT2D eigenvalue weighted by atomic mass is 32.2. The van der Waals surface area contributed by atoms with Gasteiger partial charge in [-0.05, 0) is 31.0 Å². The fourth-order valence-electron chi connectivity index (χ4n) is 2.60. The lowest BCUT2D eigenvalue weighted by molar-refractivity contribution is 0.124. The molecule has 1 fully saturated rings. The van der Waals surface area contributed by atoms with Crippen LogP contribution in [0.2, 0.25) is 0 Å². The molecule has 1 aliphatic rings. The fourth-order valence-corrected chi connectivity index (χ4v) is 4.10. The highest BCUT2D eigenvalue weighted by Gasteiger charge is 2.30. The minimum absolute atomic E-state index is 0.0795. The molecule has 0 spiro atoms. The van der Waals surface area contributed by atoms with Crippen LogP contribution in [0.1, 0.15) is 12.8 Å². The van der Waals surface area contributed by atoms with Crippen molar-refractivity contribution in [3.05, 3.63) is 42.7 Å². The highest BCUT2D eigenvalue weighted by molar-refractivity contribution is 7.89. The number of methoxy groups -OCH3 is 1. The van der Waals surface area contributed by atoms with E-state index >= 15 is 0 Å². The number of hydrogen-bond donors (Lipinski definition) is 0. The molecule has 3 rings (SSSR count). The number of sulfonamides is 1. The van der Waals surface area contributed by atoms with Gasteiger partial charge < -0.3 is 9.47 Å². The smallest absolute Gasteiger partial charge is 0.316 e. The van der Waals surface area contributed by atoms with Crippen LogP contribution in [0.5, 0.6) is 11.8 Å². The number of aromatic nitrogens is 2. The van der Waals surface area contributed by atoms with E-state index in [9.17, 15) is 8.42 Å². The van der Waals surface area contributed by atoms with Crippen molar-refractivity contribution in [2.75, 3.05) is 20.2 Å². The Morgan fingerprint density at radius 2 is 1.83 bits per heavy atom. The summed E-state index contributed by atoms with van der Waals surface area (Å²) in [6, 6.07) is 8.56. The van der Waals surface area contributed by atoms with Gasteiger partial charge in [-0.3, -0.25) is 0 Å². The largest absolute Gasteiger partial charge is 0.497 e. The topological polar surface area (TPSA) is 81.6 Å². The summed E-state index contributed by atoms with van der Waals surface area (Å²) >= 11 is 0. The molecule has 0 saturated carbocycles. The van der Waals surface area contributed by atoms with Gasteiger partial charge in [-0.15, -0.1) is 0 Å².